The Morgan fingerprint density at radius 2 is 2.17 bits per heavy atom. The number of halogens is 1. The molecule has 1 fully saturated rings. The zero-order chi connectivity index (χ0) is 13.1. The highest BCUT2D eigenvalue weighted by atomic mass is 79.9. The maximum Gasteiger partial charge on any atom is 0.309 e. The largest absolute Gasteiger partial charge is 0.481 e. The molecule has 0 amide bonds. The first-order valence-electron chi connectivity index (χ1n) is 5.98. The van der Waals surface area contributed by atoms with Gasteiger partial charge in [0.1, 0.15) is 0 Å². The van der Waals surface area contributed by atoms with E-state index in [-0.39, 0.29) is 5.92 Å². The molecular formula is C13H17BrN2O2. The van der Waals surface area contributed by atoms with Crippen molar-refractivity contribution in [2.75, 3.05) is 38.1 Å². The molecule has 0 aliphatic carbocycles. The lowest BCUT2D eigenvalue weighted by molar-refractivity contribution is -0.141. The number of likely N-dealkylation sites (N-methyl/N-ethyl adjacent to an activating group) is 1. The van der Waals surface area contributed by atoms with Gasteiger partial charge in [-0.1, -0.05) is 22.0 Å². The van der Waals surface area contributed by atoms with Crippen molar-refractivity contribution in [1.29, 1.82) is 0 Å². The third-order valence-corrected chi connectivity index (χ3v) is 3.74. The fourth-order valence-electron chi connectivity index (χ4n) is 2.24. The van der Waals surface area contributed by atoms with Crippen LogP contribution in [0.4, 0.5) is 5.69 Å². The molecule has 1 saturated heterocycles. The normalized spacial score (nSPS) is 21.7. The Bertz CT molecular complexity index is 439. The smallest absolute Gasteiger partial charge is 0.309 e. The van der Waals surface area contributed by atoms with Crippen LogP contribution < -0.4 is 4.90 Å². The van der Waals surface area contributed by atoms with Gasteiger partial charge in [-0.3, -0.25) is 4.79 Å². The molecule has 4 nitrogen and oxygen atoms in total. The summed E-state index contributed by atoms with van der Waals surface area (Å²) >= 11 is 3.45. The summed E-state index contributed by atoms with van der Waals surface area (Å²) in [6.45, 7) is 2.92. The van der Waals surface area contributed by atoms with Crippen molar-refractivity contribution < 1.29 is 9.90 Å². The molecule has 0 radical (unpaired) electrons. The first kappa shape index (κ1) is 13.4. The van der Waals surface area contributed by atoms with Crippen LogP contribution in [0.15, 0.2) is 28.7 Å². The number of anilines is 1. The molecule has 1 atom stereocenters. The predicted octanol–water partition coefficient (Wildman–Crippen LogP) is 1.90. The molecule has 2 rings (SSSR count). The van der Waals surface area contributed by atoms with Gasteiger partial charge in [-0.05, 0) is 25.2 Å². The first-order valence-corrected chi connectivity index (χ1v) is 6.77. The van der Waals surface area contributed by atoms with Gasteiger partial charge < -0.3 is 14.9 Å². The number of carboxylic acids is 1. The van der Waals surface area contributed by atoms with Crippen molar-refractivity contribution in [3.63, 3.8) is 0 Å². The van der Waals surface area contributed by atoms with Crippen molar-refractivity contribution >= 4 is 27.6 Å². The second-order valence-corrected chi connectivity index (χ2v) is 5.64. The summed E-state index contributed by atoms with van der Waals surface area (Å²) in [5.41, 5.74) is 1.07. The molecule has 1 N–H and O–H groups in total. The third-order valence-electron chi connectivity index (χ3n) is 3.25. The molecule has 18 heavy (non-hydrogen) atoms. The first-order chi connectivity index (χ1) is 8.56. The van der Waals surface area contributed by atoms with Gasteiger partial charge in [0.25, 0.3) is 0 Å². The van der Waals surface area contributed by atoms with E-state index < -0.39 is 5.97 Å². The Balaban J connectivity index is 2.19. The maximum atomic E-state index is 11.2. The molecule has 1 aromatic carbocycles. The van der Waals surface area contributed by atoms with Gasteiger partial charge in [0.05, 0.1) is 5.92 Å². The molecule has 0 saturated carbocycles. The number of hydrogen-bond acceptors (Lipinski definition) is 3. The van der Waals surface area contributed by atoms with Crippen LogP contribution in [0.1, 0.15) is 0 Å². The molecular weight excluding hydrogens is 296 g/mol. The number of carboxylic acid groups (broad SMARTS) is 1. The standard InChI is InChI=1S/C13H17BrN2O2/c1-15-5-6-16(9-10(8-15)13(17)18)12-4-2-3-11(14)7-12/h2-4,7,10H,5-6,8-9H2,1H3,(H,17,18). The third kappa shape index (κ3) is 3.23. The molecule has 98 valence electrons. The molecule has 5 heteroatoms. The number of rotatable bonds is 2. The SMILES string of the molecule is CN1CCN(c2cccc(Br)c2)CC(C(=O)O)C1. The summed E-state index contributed by atoms with van der Waals surface area (Å²) in [5.74, 6) is -1.06. The zero-order valence-corrected chi connectivity index (χ0v) is 11.9. The average Bonchev–Trinajstić information content (AvgIpc) is 2.51. The molecule has 1 aromatic rings. The number of carbonyl (C=O) groups is 1. The highest BCUT2D eigenvalue weighted by Crippen LogP contribution is 2.22. The Morgan fingerprint density at radius 3 is 2.83 bits per heavy atom. The van der Waals surface area contributed by atoms with E-state index in [0.717, 1.165) is 23.2 Å². The minimum atomic E-state index is -0.719. The summed E-state index contributed by atoms with van der Waals surface area (Å²) in [6, 6.07) is 8.01. The maximum absolute atomic E-state index is 11.2. The van der Waals surface area contributed by atoms with Gasteiger partial charge in [-0.2, -0.15) is 0 Å². The van der Waals surface area contributed by atoms with E-state index in [4.69, 9.17) is 0 Å². The number of benzene rings is 1. The monoisotopic (exact) mass is 312 g/mol. The van der Waals surface area contributed by atoms with Crippen LogP contribution in [0.2, 0.25) is 0 Å². The second kappa shape index (κ2) is 5.71. The van der Waals surface area contributed by atoms with Crippen LogP contribution in [0.25, 0.3) is 0 Å². The minimum Gasteiger partial charge on any atom is -0.481 e. The molecule has 1 aliphatic heterocycles. The van der Waals surface area contributed by atoms with Crippen LogP contribution in [-0.4, -0.2) is 49.2 Å². The topological polar surface area (TPSA) is 43.8 Å². The number of aliphatic carboxylic acids is 1. The number of hydrogen-bond donors (Lipinski definition) is 1. The Labute approximate surface area is 115 Å². The zero-order valence-electron chi connectivity index (χ0n) is 10.3. The lowest BCUT2D eigenvalue weighted by Gasteiger charge is -2.24. The van der Waals surface area contributed by atoms with E-state index in [0.29, 0.717) is 13.1 Å². The van der Waals surface area contributed by atoms with Crippen LogP contribution in [0.5, 0.6) is 0 Å². The van der Waals surface area contributed by atoms with Crippen molar-refractivity contribution in [2.45, 2.75) is 0 Å². The molecule has 0 spiro atoms. The van der Waals surface area contributed by atoms with Gasteiger partial charge in [0.15, 0.2) is 0 Å². The van der Waals surface area contributed by atoms with E-state index >= 15 is 0 Å². The molecule has 0 aromatic heterocycles. The van der Waals surface area contributed by atoms with E-state index in [9.17, 15) is 9.90 Å². The van der Waals surface area contributed by atoms with Crippen LogP contribution in [0, 0.1) is 5.92 Å². The second-order valence-electron chi connectivity index (χ2n) is 4.72. The van der Waals surface area contributed by atoms with Gasteiger partial charge in [-0.15, -0.1) is 0 Å². The number of nitrogens with zero attached hydrogens (tertiary/aromatic N) is 2. The van der Waals surface area contributed by atoms with E-state index in [2.05, 4.69) is 25.7 Å². The van der Waals surface area contributed by atoms with Gasteiger partial charge in [0.2, 0.25) is 0 Å². The van der Waals surface area contributed by atoms with Gasteiger partial charge in [-0.25, -0.2) is 0 Å². The van der Waals surface area contributed by atoms with Crippen LogP contribution >= 0.6 is 15.9 Å². The summed E-state index contributed by atoms with van der Waals surface area (Å²) in [4.78, 5) is 15.5. The molecule has 1 heterocycles. The Hall–Kier alpha value is -1.07. The summed E-state index contributed by atoms with van der Waals surface area (Å²) in [5, 5.41) is 9.24. The average molecular weight is 313 g/mol. The van der Waals surface area contributed by atoms with Crippen molar-refractivity contribution in [2.24, 2.45) is 5.92 Å². The fraction of sp³-hybridized carbons (Fsp3) is 0.462. The molecule has 0 bridgehead atoms. The minimum absolute atomic E-state index is 0.337. The van der Waals surface area contributed by atoms with E-state index in [1.807, 2.05) is 31.3 Å². The lowest BCUT2D eigenvalue weighted by atomic mass is 10.1. The highest BCUT2D eigenvalue weighted by Gasteiger charge is 2.26. The summed E-state index contributed by atoms with van der Waals surface area (Å²) in [7, 11) is 1.97. The van der Waals surface area contributed by atoms with E-state index in [1.54, 1.807) is 0 Å². The fourth-order valence-corrected chi connectivity index (χ4v) is 2.62. The molecule has 1 aliphatic rings. The van der Waals surface area contributed by atoms with Crippen LogP contribution in [-0.2, 0) is 4.79 Å². The van der Waals surface area contributed by atoms with Crippen molar-refractivity contribution in [3.05, 3.63) is 28.7 Å². The lowest BCUT2D eigenvalue weighted by Crippen LogP contribution is -2.33. The predicted molar refractivity (Wildman–Crippen MR) is 75.0 cm³/mol. The summed E-state index contributed by atoms with van der Waals surface area (Å²) < 4.78 is 1.02. The van der Waals surface area contributed by atoms with Crippen molar-refractivity contribution in [3.8, 4) is 0 Å². The van der Waals surface area contributed by atoms with Crippen molar-refractivity contribution in [1.82, 2.24) is 4.90 Å². The molecule has 1 unspecified atom stereocenters. The van der Waals surface area contributed by atoms with Gasteiger partial charge >= 0.3 is 5.97 Å². The van der Waals surface area contributed by atoms with Crippen LogP contribution in [0.3, 0.4) is 0 Å². The quantitative estimate of drug-likeness (QED) is 0.906. The Morgan fingerprint density at radius 1 is 1.39 bits per heavy atom. The van der Waals surface area contributed by atoms with E-state index in [1.165, 1.54) is 0 Å². The van der Waals surface area contributed by atoms with Gasteiger partial charge in [0, 0.05) is 36.3 Å². The summed E-state index contributed by atoms with van der Waals surface area (Å²) in [6.07, 6.45) is 0. The Kier molecular flexibility index (Phi) is 4.24. The highest BCUT2D eigenvalue weighted by molar-refractivity contribution is 9.10.